The first kappa shape index (κ1) is 15.1. The van der Waals surface area contributed by atoms with Crippen LogP contribution in [0.3, 0.4) is 0 Å². The van der Waals surface area contributed by atoms with Crippen LogP contribution in [0.15, 0.2) is 71.7 Å². The van der Waals surface area contributed by atoms with Crippen LogP contribution in [0.5, 0.6) is 11.5 Å². The van der Waals surface area contributed by atoms with E-state index in [1.807, 2.05) is 54.6 Å². The molecule has 1 aliphatic rings. The molecule has 0 saturated carbocycles. The van der Waals surface area contributed by atoms with E-state index in [-0.39, 0.29) is 0 Å². The second-order valence-corrected chi connectivity index (χ2v) is 5.53. The summed E-state index contributed by atoms with van der Waals surface area (Å²) in [4.78, 5) is 16.5. The molecular weight excluding hydrogens is 316 g/mol. The standard InChI is InChI=1S/C20H14N2O3/c23-20(22-24)15-7-2-1-6-13(15)14-8-5-11-18-16(14)12-21-17-9-3-4-10-19(17)25-18/h1-12,24H,(H,22,23). The SMILES string of the molecule is O=C(NO)c1ccccc1-c1cccc2c1C=Nc1ccccc1O2. The van der Waals surface area contributed by atoms with Gasteiger partial charge in [0.25, 0.3) is 5.91 Å². The van der Waals surface area contributed by atoms with Crippen LogP contribution in [0.1, 0.15) is 15.9 Å². The van der Waals surface area contributed by atoms with Crippen molar-refractivity contribution in [2.45, 2.75) is 0 Å². The van der Waals surface area contributed by atoms with E-state index in [2.05, 4.69) is 4.99 Å². The van der Waals surface area contributed by atoms with Gasteiger partial charge >= 0.3 is 0 Å². The molecule has 0 spiro atoms. The van der Waals surface area contributed by atoms with Crippen LogP contribution in [0.25, 0.3) is 11.1 Å². The maximum atomic E-state index is 12.0. The lowest BCUT2D eigenvalue weighted by Crippen LogP contribution is -2.19. The molecule has 0 unspecified atom stereocenters. The van der Waals surface area contributed by atoms with Gasteiger partial charge in [-0.3, -0.25) is 15.0 Å². The number of ether oxygens (including phenoxy) is 1. The van der Waals surface area contributed by atoms with Gasteiger partial charge in [0, 0.05) is 17.3 Å². The third-order valence-electron chi connectivity index (χ3n) is 4.05. The number of nitrogens with one attached hydrogen (secondary N) is 1. The summed E-state index contributed by atoms with van der Waals surface area (Å²) in [6.45, 7) is 0. The predicted molar refractivity (Wildman–Crippen MR) is 94.9 cm³/mol. The molecule has 5 nitrogen and oxygen atoms in total. The molecule has 5 heteroatoms. The quantitative estimate of drug-likeness (QED) is 0.424. The number of benzene rings is 3. The van der Waals surface area contributed by atoms with Crippen LogP contribution in [0.4, 0.5) is 5.69 Å². The second kappa shape index (κ2) is 6.22. The highest BCUT2D eigenvalue weighted by Crippen LogP contribution is 2.39. The van der Waals surface area contributed by atoms with E-state index in [1.54, 1.807) is 23.8 Å². The van der Waals surface area contributed by atoms with E-state index in [9.17, 15) is 4.79 Å². The normalized spacial score (nSPS) is 11.7. The smallest absolute Gasteiger partial charge is 0.275 e. The van der Waals surface area contributed by atoms with E-state index < -0.39 is 5.91 Å². The number of hydrogen-bond donors (Lipinski definition) is 2. The maximum Gasteiger partial charge on any atom is 0.275 e. The van der Waals surface area contributed by atoms with E-state index in [4.69, 9.17) is 9.94 Å². The Morgan fingerprint density at radius 3 is 2.48 bits per heavy atom. The topological polar surface area (TPSA) is 70.9 Å². The number of rotatable bonds is 2. The minimum Gasteiger partial charge on any atom is -0.454 e. The Morgan fingerprint density at radius 2 is 1.60 bits per heavy atom. The fourth-order valence-electron chi connectivity index (χ4n) is 2.88. The number of amides is 1. The number of carbonyl (C=O) groups is 1. The lowest BCUT2D eigenvalue weighted by Gasteiger charge is -2.13. The van der Waals surface area contributed by atoms with Gasteiger partial charge in [-0.2, -0.15) is 0 Å². The Morgan fingerprint density at radius 1 is 0.880 bits per heavy atom. The first-order valence-corrected chi connectivity index (χ1v) is 7.76. The molecule has 1 amide bonds. The highest BCUT2D eigenvalue weighted by Gasteiger charge is 2.18. The van der Waals surface area contributed by atoms with Crippen LogP contribution < -0.4 is 10.2 Å². The second-order valence-electron chi connectivity index (χ2n) is 5.53. The third-order valence-corrected chi connectivity index (χ3v) is 4.05. The Kier molecular flexibility index (Phi) is 3.76. The van der Waals surface area contributed by atoms with E-state index in [0.29, 0.717) is 22.6 Å². The highest BCUT2D eigenvalue weighted by atomic mass is 16.5. The summed E-state index contributed by atoms with van der Waals surface area (Å²) >= 11 is 0. The number of aliphatic imine (C=N–C) groups is 1. The van der Waals surface area contributed by atoms with Crippen LogP contribution >= 0.6 is 0 Å². The van der Waals surface area contributed by atoms with Crippen molar-refractivity contribution < 1.29 is 14.7 Å². The number of fused-ring (bicyclic) bond motifs is 2. The molecule has 25 heavy (non-hydrogen) atoms. The van der Waals surface area contributed by atoms with Crippen molar-refractivity contribution in [3.8, 4) is 22.6 Å². The van der Waals surface area contributed by atoms with Crippen molar-refractivity contribution in [3.63, 3.8) is 0 Å². The first-order chi connectivity index (χ1) is 12.3. The Labute approximate surface area is 144 Å². The van der Waals surface area contributed by atoms with Gasteiger partial charge in [0.1, 0.15) is 11.4 Å². The van der Waals surface area contributed by atoms with E-state index >= 15 is 0 Å². The minimum absolute atomic E-state index is 0.369. The molecule has 0 radical (unpaired) electrons. The molecule has 4 rings (SSSR count). The van der Waals surface area contributed by atoms with Crippen LogP contribution in [0, 0.1) is 0 Å². The number of carbonyl (C=O) groups excluding carboxylic acids is 1. The summed E-state index contributed by atoms with van der Waals surface area (Å²) in [7, 11) is 0. The van der Waals surface area contributed by atoms with Gasteiger partial charge in [-0.05, 0) is 35.4 Å². The molecule has 122 valence electrons. The van der Waals surface area contributed by atoms with Gasteiger partial charge in [-0.15, -0.1) is 0 Å². The zero-order valence-electron chi connectivity index (χ0n) is 13.1. The van der Waals surface area contributed by atoms with Crippen molar-refractivity contribution in [2.24, 2.45) is 4.99 Å². The molecule has 0 aromatic heterocycles. The minimum atomic E-state index is -0.567. The molecule has 0 aliphatic carbocycles. The first-order valence-electron chi connectivity index (χ1n) is 7.76. The highest BCUT2D eigenvalue weighted by molar-refractivity contribution is 6.04. The summed E-state index contributed by atoms with van der Waals surface area (Å²) in [6.07, 6.45) is 1.74. The number of hydrogen-bond acceptors (Lipinski definition) is 4. The van der Waals surface area contributed by atoms with E-state index in [0.717, 1.165) is 16.8 Å². The molecule has 0 fully saturated rings. The number of hydroxylamine groups is 1. The monoisotopic (exact) mass is 330 g/mol. The lowest BCUT2D eigenvalue weighted by molar-refractivity contribution is 0.0707. The summed E-state index contributed by atoms with van der Waals surface area (Å²) in [5.74, 6) is 0.768. The molecule has 1 heterocycles. The van der Waals surface area contributed by atoms with Crippen molar-refractivity contribution in [1.82, 2.24) is 5.48 Å². The van der Waals surface area contributed by atoms with Crippen molar-refractivity contribution >= 4 is 17.8 Å². The largest absolute Gasteiger partial charge is 0.454 e. The lowest BCUT2D eigenvalue weighted by atomic mass is 9.95. The zero-order chi connectivity index (χ0) is 17.2. The fourth-order valence-corrected chi connectivity index (χ4v) is 2.88. The van der Waals surface area contributed by atoms with Gasteiger partial charge in [0.2, 0.25) is 0 Å². The summed E-state index contributed by atoms with van der Waals surface area (Å²) in [5.41, 5.74) is 5.07. The van der Waals surface area contributed by atoms with Crippen LogP contribution in [-0.2, 0) is 0 Å². The maximum absolute atomic E-state index is 12.0. The van der Waals surface area contributed by atoms with Gasteiger partial charge in [0.05, 0.1) is 0 Å². The Bertz CT molecular complexity index is 996. The van der Waals surface area contributed by atoms with Crippen LogP contribution in [0.2, 0.25) is 0 Å². The van der Waals surface area contributed by atoms with Gasteiger partial charge in [0.15, 0.2) is 5.75 Å². The zero-order valence-corrected chi connectivity index (χ0v) is 13.1. The molecule has 3 aromatic carbocycles. The molecule has 0 saturated heterocycles. The fraction of sp³-hybridized carbons (Fsp3) is 0. The Hall–Kier alpha value is -3.44. The summed E-state index contributed by atoms with van der Waals surface area (Å²) < 4.78 is 6.02. The molecule has 0 atom stereocenters. The average Bonchev–Trinajstić information content (AvgIpc) is 2.86. The average molecular weight is 330 g/mol. The number of para-hydroxylation sites is 2. The predicted octanol–water partition coefficient (Wildman–Crippen LogP) is 4.33. The molecule has 0 bridgehead atoms. The molecular formula is C20H14N2O3. The van der Waals surface area contributed by atoms with Crippen molar-refractivity contribution in [3.05, 3.63) is 77.9 Å². The summed E-state index contributed by atoms with van der Waals surface area (Å²) in [5, 5.41) is 9.01. The van der Waals surface area contributed by atoms with Crippen molar-refractivity contribution in [2.75, 3.05) is 0 Å². The number of nitrogens with zero attached hydrogens (tertiary/aromatic N) is 1. The summed E-state index contributed by atoms with van der Waals surface area (Å²) in [6, 6.07) is 20.2. The molecule has 1 aliphatic heterocycles. The van der Waals surface area contributed by atoms with Crippen LogP contribution in [-0.4, -0.2) is 17.3 Å². The van der Waals surface area contributed by atoms with Gasteiger partial charge < -0.3 is 4.74 Å². The van der Waals surface area contributed by atoms with Gasteiger partial charge in [-0.1, -0.05) is 42.5 Å². The third kappa shape index (κ3) is 2.66. The Balaban J connectivity index is 1.91. The molecule has 3 aromatic rings. The van der Waals surface area contributed by atoms with E-state index in [1.165, 1.54) is 0 Å². The van der Waals surface area contributed by atoms with Gasteiger partial charge in [-0.25, -0.2) is 5.48 Å². The molecule has 2 N–H and O–H groups in total. The van der Waals surface area contributed by atoms with Crippen molar-refractivity contribution in [1.29, 1.82) is 0 Å².